The number of nitro benzene ring substituents is 1. The number of nitrogens with one attached hydrogen (secondary N) is 1. The number of non-ortho nitro benzene ring substituents is 1. The summed E-state index contributed by atoms with van der Waals surface area (Å²) >= 11 is 1.32. The summed E-state index contributed by atoms with van der Waals surface area (Å²) in [5.41, 5.74) is 9.13. The molecule has 2 aromatic heterocycles. The fraction of sp³-hybridized carbons (Fsp3) is 0.105. The quantitative estimate of drug-likeness (QED) is 0.102. The normalized spacial score (nSPS) is 14.9. The fourth-order valence-corrected chi connectivity index (χ4v) is 7.04. The van der Waals surface area contributed by atoms with Crippen molar-refractivity contribution < 1.29 is 9.72 Å². The van der Waals surface area contributed by atoms with E-state index in [1.165, 1.54) is 29.5 Å². The smallest absolute Gasteiger partial charge is 0.269 e. The minimum Gasteiger partial charge on any atom is -0.361 e. The van der Waals surface area contributed by atoms with E-state index in [0.717, 1.165) is 44.7 Å². The highest BCUT2D eigenvalue weighted by molar-refractivity contribution is 8.18. The largest absolute Gasteiger partial charge is 0.361 e. The van der Waals surface area contributed by atoms with Crippen LogP contribution in [0.25, 0.3) is 33.8 Å². The molecule has 4 aromatic carbocycles. The average molecular weight is 638 g/mol. The van der Waals surface area contributed by atoms with Crippen LogP contribution >= 0.6 is 11.8 Å². The lowest BCUT2D eigenvalue weighted by Gasteiger charge is -2.15. The first kappa shape index (κ1) is 30.0. The van der Waals surface area contributed by atoms with Gasteiger partial charge in [-0.25, -0.2) is 4.99 Å². The molecular formula is C38H31N5O3S. The highest BCUT2D eigenvalue weighted by Gasteiger charge is 2.33. The van der Waals surface area contributed by atoms with Gasteiger partial charge in [0, 0.05) is 52.9 Å². The maximum Gasteiger partial charge on any atom is 0.269 e. The number of nitrogens with zero attached hydrogens (tertiary/aromatic N) is 4. The molecular weight excluding hydrogens is 607 g/mol. The Kier molecular flexibility index (Phi) is 8.05. The van der Waals surface area contributed by atoms with Crippen LogP contribution in [0.4, 0.5) is 11.4 Å². The van der Waals surface area contributed by atoms with Crippen molar-refractivity contribution >= 4 is 51.2 Å². The third kappa shape index (κ3) is 6.01. The minimum absolute atomic E-state index is 0.00839. The van der Waals surface area contributed by atoms with E-state index in [2.05, 4.69) is 71.9 Å². The number of aliphatic imine (C=N–C) groups is 1. The number of fused-ring (bicyclic) bond motifs is 1. The van der Waals surface area contributed by atoms with Gasteiger partial charge in [0.25, 0.3) is 11.6 Å². The van der Waals surface area contributed by atoms with Crippen LogP contribution in [0.5, 0.6) is 0 Å². The monoisotopic (exact) mass is 637 g/mol. The molecule has 1 aliphatic heterocycles. The molecule has 1 saturated heterocycles. The molecule has 0 spiro atoms. The zero-order valence-electron chi connectivity index (χ0n) is 25.9. The summed E-state index contributed by atoms with van der Waals surface area (Å²) in [6.45, 7) is 4.57. The zero-order chi connectivity index (χ0) is 32.5. The molecule has 1 fully saturated rings. The molecule has 3 heterocycles. The van der Waals surface area contributed by atoms with Crippen LogP contribution in [0.15, 0.2) is 125 Å². The van der Waals surface area contributed by atoms with E-state index < -0.39 is 4.92 Å². The second-order valence-electron chi connectivity index (χ2n) is 11.4. The van der Waals surface area contributed by atoms with Crippen molar-refractivity contribution in [3.05, 3.63) is 153 Å². The van der Waals surface area contributed by atoms with Crippen molar-refractivity contribution in [3.63, 3.8) is 0 Å². The summed E-state index contributed by atoms with van der Waals surface area (Å²) in [5, 5.41) is 12.8. The second-order valence-corrected chi connectivity index (χ2v) is 12.4. The number of hydrogen-bond donors (Lipinski definition) is 1. The van der Waals surface area contributed by atoms with Crippen molar-refractivity contribution in [2.45, 2.75) is 20.3 Å². The lowest BCUT2D eigenvalue weighted by Crippen LogP contribution is -2.31. The van der Waals surface area contributed by atoms with Crippen LogP contribution in [0.1, 0.15) is 22.5 Å². The lowest BCUT2D eigenvalue weighted by molar-refractivity contribution is -0.384. The van der Waals surface area contributed by atoms with Crippen molar-refractivity contribution in [1.29, 1.82) is 0 Å². The predicted octanol–water partition coefficient (Wildman–Crippen LogP) is 9.00. The number of carbonyl (C=O) groups excluding carboxylic acids is 1. The van der Waals surface area contributed by atoms with Crippen molar-refractivity contribution in [2.75, 3.05) is 6.54 Å². The Balaban J connectivity index is 1.20. The number of nitro groups is 1. The van der Waals surface area contributed by atoms with Gasteiger partial charge < -0.3 is 9.55 Å². The first-order valence-corrected chi connectivity index (χ1v) is 16.1. The van der Waals surface area contributed by atoms with Crippen LogP contribution in [0, 0.1) is 24.0 Å². The van der Waals surface area contributed by atoms with E-state index in [1.54, 1.807) is 17.0 Å². The summed E-state index contributed by atoms with van der Waals surface area (Å²) in [7, 11) is 0. The molecule has 232 valence electrons. The summed E-state index contributed by atoms with van der Waals surface area (Å²) in [6, 6.07) is 35.1. The van der Waals surface area contributed by atoms with E-state index in [-0.39, 0.29) is 11.6 Å². The maximum atomic E-state index is 14.0. The maximum absolute atomic E-state index is 14.0. The van der Waals surface area contributed by atoms with Gasteiger partial charge in [0.1, 0.15) is 0 Å². The Morgan fingerprint density at radius 1 is 0.894 bits per heavy atom. The van der Waals surface area contributed by atoms with Gasteiger partial charge >= 0.3 is 0 Å². The third-order valence-electron chi connectivity index (χ3n) is 8.44. The molecule has 1 aliphatic rings. The van der Waals surface area contributed by atoms with Crippen molar-refractivity contribution in [1.82, 2.24) is 14.5 Å². The summed E-state index contributed by atoms with van der Waals surface area (Å²) in [5.74, 6) is -0.118. The zero-order valence-corrected chi connectivity index (χ0v) is 26.7. The minimum atomic E-state index is -0.437. The number of rotatable bonds is 8. The molecule has 0 atom stereocenters. The molecule has 0 unspecified atom stereocenters. The second kappa shape index (κ2) is 12.6. The van der Waals surface area contributed by atoms with Gasteiger partial charge in [-0.2, -0.15) is 0 Å². The topological polar surface area (TPSA) is 96.5 Å². The molecule has 8 nitrogen and oxygen atoms in total. The molecule has 0 aliphatic carbocycles. The fourth-order valence-electron chi connectivity index (χ4n) is 6.02. The average Bonchev–Trinajstić information content (AvgIpc) is 3.73. The highest BCUT2D eigenvalue weighted by atomic mass is 32.2. The molecule has 0 bridgehead atoms. The van der Waals surface area contributed by atoms with Gasteiger partial charge in [-0.3, -0.25) is 19.8 Å². The Morgan fingerprint density at radius 3 is 2.34 bits per heavy atom. The summed E-state index contributed by atoms with van der Waals surface area (Å²) < 4.78 is 2.20. The van der Waals surface area contributed by atoms with E-state index >= 15 is 0 Å². The van der Waals surface area contributed by atoms with Crippen molar-refractivity contribution in [3.8, 4) is 16.8 Å². The first-order valence-electron chi connectivity index (χ1n) is 15.3. The summed E-state index contributed by atoms with van der Waals surface area (Å²) in [6.07, 6.45) is 4.57. The number of para-hydroxylation sites is 1. The van der Waals surface area contributed by atoms with E-state index in [4.69, 9.17) is 4.99 Å². The van der Waals surface area contributed by atoms with Crippen LogP contribution in [0.2, 0.25) is 0 Å². The van der Waals surface area contributed by atoms with Gasteiger partial charge in [-0.1, -0.05) is 60.7 Å². The number of thioether (sulfide) groups is 1. The van der Waals surface area contributed by atoms with Gasteiger partial charge in [0.15, 0.2) is 5.17 Å². The number of aromatic amines is 1. The van der Waals surface area contributed by atoms with E-state index in [0.29, 0.717) is 28.7 Å². The molecule has 7 rings (SSSR count). The predicted molar refractivity (Wildman–Crippen MR) is 190 cm³/mol. The Hall–Kier alpha value is -5.67. The molecule has 0 saturated carbocycles. The van der Waals surface area contributed by atoms with Crippen LogP contribution in [-0.4, -0.2) is 37.0 Å². The number of hydrogen-bond acceptors (Lipinski definition) is 5. The SMILES string of the molecule is Cc1cc(/C=C2/SC(=Nc3ccc([N+](=O)[O-])cc3)N(CCc3c[nH]c4ccccc34)C2=O)c(C)n1-c1ccc(-c2ccccc2)cc1. The van der Waals surface area contributed by atoms with Gasteiger partial charge in [0.05, 0.1) is 15.5 Å². The molecule has 0 radical (unpaired) electrons. The Labute approximate surface area is 276 Å². The number of benzene rings is 4. The molecule has 1 N–H and O–H groups in total. The van der Waals surface area contributed by atoms with Crippen LogP contribution < -0.4 is 0 Å². The Bertz CT molecular complexity index is 2180. The van der Waals surface area contributed by atoms with Gasteiger partial charge in [-0.05, 0) is 96.8 Å². The summed E-state index contributed by atoms with van der Waals surface area (Å²) in [4.78, 5) is 35.1. The number of amidine groups is 1. The number of H-pyrrole nitrogens is 1. The number of aromatic nitrogens is 2. The molecule has 47 heavy (non-hydrogen) atoms. The van der Waals surface area contributed by atoms with E-state index in [9.17, 15) is 14.9 Å². The molecule has 9 heteroatoms. The third-order valence-corrected chi connectivity index (χ3v) is 9.45. The standard InChI is InChI=1S/C38H31N5O3S/c1-25-22-30(26(2)42(25)32-16-12-28(13-17-32)27-8-4-3-5-9-27)23-36-37(44)41(21-20-29-24-39-35-11-7-6-10-34(29)35)38(47-36)40-31-14-18-33(19-15-31)43(45)46/h3-19,22-24,39H,20-21H2,1-2H3/b36-23+,40-38?. The number of amides is 1. The lowest BCUT2D eigenvalue weighted by atomic mass is 10.1. The van der Waals surface area contributed by atoms with E-state index in [1.807, 2.05) is 48.7 Å². The number of aryl methyl sites for hydroxylation is 1. The van der Waals surface area contributed by atoms with Crippen LogP contribution in [0.3, 0.4) is 0 Å². The van der Waals surface area contributed by atoms with Crippen molar-refractivity contribution in [2.24, 2.45) is 4.99 Å². The number of carbonyl (C=O) groups is 1. The Morgan fingerprint density at radius 2 is 1.60 bits per heavy atom. The van der Waals surface area contributed by atoms with Gasteiger partial charge in [-0.15, -0.1) is 0 Å². The van der Waals surface area contributed by atoms with Gasteiger partial charge in [0.2, 0.25) is 0 Å². The van der Waals surface area contributed by atoms with Crippen LogP contribution in [-0.2, 0) is 11.2 Å². The highest BCUT2D eigenvalue weighted by Crippen LogP contribution is 2.36. The first-order chi connectivity index (χ1) is 22.9. The molecule has 1 amide bonds. The molecule has 6 aromatic rings.